The SMILES string of the molecule is CCCCCc1ccc2cc(C#Cc3ccc(OCCC)cc3)ccc2c1. The summed E-state index contributed by atoms with van der Waals surface area (Å²) < 4.78 is 5.61. The highest BCUT2D eigenvalue weighted by Gasteiger charge is 1.99. The van der Waals surface area contributed by atoms with E-state index in [1.807, 2.05) is 24.3 Å². The molecule has 0 fully saturated rings. The molecule has 1 heteroatoms. The Balaban J connectivity index is 1.70. The highest BCUT2D eigenvalue weighted by atomic mass is 16.5. The van der Waals surface area contributed by atoms with Gasteiger partial charge >= 0.3 is 0 Å². The Kier molecular flexibility index (Phi) is 6.94. The van der Waals surface area contributed by atoms with E-state index in [2.05, 4.69) is 62.1 Å². The van der Waals surface area contributed by atoms with Crippen LogP contribution in [0.4, 0.5) is 0 Å². The topological polar surface area (TPSA) is 9.23 Å². The lowest BCUT2D eigenvalue weighted by molar-refractivity contribution is 0.317. The number of hydrogen-bond acceptors (Lipinski definition) is 1. The molecule has 0 aliphatic heterocycles. The van der Waals surface area contributed by atoms with Crippen molar-refractivity contribution in [3.05, 3.63) is 77.4 Å². The van der Waals surface area contributed by atoms with E-state index >= 15 is 0 Å². The second-order valence-electron chi connectivity index (χ2n) is 6.98. The summed E-state index contributed by atoms with van der Waals surface area (Å²) in [6.45, 7) is 5.11. The van der Waals surface area contributed by atoms with E-state index < -0.39 is 0 Å². The summed E-state index contributed by atoms with van der Waals surface area (Å²) in [6.07, 6.45) is 6.03. The second-order valence-corrected chi connectivity index (χ2v) is 6.98. The van der Waals surface area contributed by atoms with Gasteiger partial charge in [-0.05, 0) is 72.0 Å². The molecule has 0 aromatic heterocycles. The van der Waals surface area contributed by atoms with Crippen LogP contribution in [0, 0.1) is 11.8 Å². The molecule has 138 valence electrons. The first-order valence-corrected chi connectivity index (χ1v) is 10.1. The molecular weight excluding hydrogens is 328 g/mol. The van der Waals surface area contributed by atoms with Gasteiger partial charge < -0.3 is 4.74 Å². The van der Waals surface area contributed by atoms with Crippen LogP contribution in [0.3, 0.4) is 0 Å². The molecule has 0 aliphatic rings. The molecule has 0 amide bonds. The third-order valence-corrected chi connectivity index (χ3v) is 4.65. The first-order chi connectivity index (χ1) is 13.3. The van der Waals surface area contributed by atoms with Crippen LogP contribution in [-0.2, 0) is 6.42 Å². The second kappa shape index (κ2) is 9.83. The van der Waals surface area contributed by atoms with E-state index in [0.29, 0.717) is 0 Å². The van der Waals surface area contributed by atoms with Crippen LogP contribution in [0.5, 0.6) is 5.75 Å². The summed E-state index contributed by atoms with van der Waals surface area (Å²) in [4.78, 5) is 0. The average Bonchev–Trinajstić information content (AvgIpc) is 2.71. The van der Waals surface area contributed by atoms with Crippen LogP contribution in [0.25, 0.3) is 10.8 Å². The lowest BCUT2D eigenvalue weighted by atomic mass is 10.0. The van der Waals surface area contributed by atoms with Gasteiger partial charge in [0.15, 0.2) is 0 Å². The molecule has 0 aliphatic carbocycles. The Morgan fingerprint density at radius 1 is 0.704 bits per heavy atom. The van der Waals surface area contributed by atoms with Crippen molar-refractivity contribution in [1.82, 2.24) is 0 Å². The lowest BCUT2D eigenvalue weighted by Crippen LogP contribution is -1.94. The predicted octanol–water partition coefficient (Wildman–Crippen LogP) is 6.76. The zero-order chi connectivity index (χ0) is 18.9. The van der Waals surface area contributed by atoms with Crippen molar-refractivity contribution in [1.29, 1.82) is 0 Å². The van der Waals surface area contributed by atoms with Gasteiger partial charge in [-0.2, -0.15) is 0 Å². The van der Waals surface area contributed by atoms with E-state index in [4.69, 9.17) is 4.74 Å². The lowest BCUT2D eigenvalue weighted by Gasteiger charge is -2.04. The number of benzene rings is 3. The number of rotatable bonds is 7. The van der Waals surface area contributed by atoms with Gasteiger partial charge in [0.25, 0.3) is 0 Å². The van der Waals surface area contributed by atoms with Gasteiger partial charge in [0.2, 0.25) is 0 Å². The average molecular weight is 357 g/mol. The van der Waals surface area contributed by atoms with Crippen LogP contribution < -0.4 is 4.74 Å². The first-order valence-electron chi connectivity index (χ1n) is 10.1. The maximum Gasteiger partial charge on any atom is 0.119 e. The minimum absolute atomic E-state index is 0.752. The van der Waals surface area contributed by atoms with E-state index in [9.17, 15) is 0 Å². The quantitative estimate of drug-likeness (QED) is 0.335. The summed E-state index contributed by atoms with van der Waals surface area (Å²) in [6, 6.07) is 21.3. The first kappa shape index (κ1) is 19.1. The van der Waals surface area contributed by atoms with Gasteiger partial charge in [0.05, 0.1) is 6.61 Å². The molecule has 0 N–H and O–H groups in total. The Labute approximate surface area is 163 Å². The van der Waals surface area contributed by atoms with E-state index in [1.165, 1.54) is 42.0 Å². The molecule has 3 rings (SSSR count). The molecule has 0 saturated carbocycles. The maximum atomic E-state index is 5.61. The molecule has 0 saturated heterocycles. The molecule has 1 nitrogen and oxygen atoms in total. The molecule has 3 aromatic carbocycles. The van der Waals surface area contributed by atoms with Crippen molar-refractivity contribution < 1.29 is 4.74 Å². The fourth-order valence-electron chi connectivity index (χ4n) is 3.11. The molecule has 0 unspecified atom stereocenters. The fraction of sp³-hybridized carbons (Fsp3) is 0.308. The van der Waals surface area contributed by atoms with Gasteiger partial charge in [0.1, 0.15) is 5.75 Å². The van der Waals surface area contributed by atoms with Gasteiger partial charge in [-0.1, -0.05) is 62.8 Å². The predicted molar refractivity (Wildman–Crippen MR) is 115 cm³/mol. The summed E-state index contributed by atoms with van der Waals surface area (Å²) in [5.74, 6) is 7.44. The Hall–Kier alpha value is -2.72. The number of ether oxygens (including phenoxy) is 1. The third-order valence-electron chi connectivity index (χ3n) is 4.65. The zero-order valence-electron chi connectivity index (χ0n) is 16.4. The standard InChI is InChI=1S/C26H28O/c1-3-5-6-7-22-10-14-25-20-23(11-15-24(25)19-22)9-8-21-12-16-26(17-13-21)27-18-4-2/h10-17,19-20H,3-7,18H2,1-2H3. The fourth-order valence-corrected chi connectivity index (χ4v) is 3.11. The molecular formula is C26H28O. The van der Waals surface area contributed by atoms with Crippen molar-refractivity contribution in [2.45, 2.75) is 46.0 Å². The van der Waals surface area contributed by atoms with Crippen molar-refractivity contribution in [3.8, 4) is 17.6 Å². The zero-order valence-corrected chi connectivity index (χ0v) is 16.4. The van der Waals surface area contributed by atoms with Crippen molar-refractivity contribution in [2.75, 3.05) is 6.61 Å². The van der Waals surface area contributed by atoms with Crippen LogP contribution in [0.15, 0.2) is 60.7 Å². The molecule has 3 aromatic rings. The minimum atomic E-state index is 0.752. The van der Waals surface area contributed by atoms with E-state index in [-0.39, 0.29) is 0 Å². The van der Waals surface area contributed by atoms with Gasteiger partial charge in [-0.15, -0.1) is 0 Å². The molecule has 0 heterocycles. The summed E-state index contributed by atoms with van der Waals surface area (Å²) in [5.41, 5.74) is 3.48. The van der Waals surface area contributed by atoms with E-state index in [0.717, 1.165) is 29.9 Å². The maximum absolute atomic E-state index is 5.61. The van der Waals surface area contributed by atoms with Crippen LogP contribution >= 0.6 is 0 Å². The Bertz CT molecular complexity index is 926. The molecule has 0 radical (unpaired) electrons. The smallest absolute Gasteiger partial charge is 0.119 e. The summed E-state index contributed by atoms with van der Waals surface area (Å²) in [5, 5.41) is 2.55. The highest BCUT2D eigenvalue weighted by molar-refractivity contribution is 5.84. The molecule has 0 atom stereocenters. The highest BCUT2D eigenvalue weighted by Crippen LogP contribution is 2.19. The molecule has 27 heavy (non-hydrogen) atoms. The number of fused-ring (bicyclic) bond motifs is 1. The largest absolute Gasteiger partial charge is 0.494 e. The monoisotopic (exact) mass is 356 g/mol. The Morgan fingerprint density at radius 3 is 2.19 bits per heavy atom. The van der Waals surface area contributed by atoms with Crippen LogP contribution in [-0.4, -0.2) is 6.61 Å². The molecule has 0 spiro atoms. The van der Waals surface area contributed by atoms with Crippen molar-refractivity contribution in [3.63, 3.8) is 0 Å². The van der Waals surface area contributed by atoms with Gasteiger partial charge in [0, 0.05) is 11.1 Å². The number of unbranched alkanes of at least 4 members (excludes halogenated alkanes) is 2. The number of hydrogen-bond donors (Lipinski definition) is 0. The number of aryl methyl sites for hydroxylation is 1. The summed E-state index contributed by atoms with van der Waals surface area (Å²) in [7, 11) is 0. The summed E-state index contributed by atoms with van der Waals surface area (Å²) >= 11 is 0. The minimum Gasteiger partial charge on any atom is -0.494 e. The normalized spacial score (nSPS) is 10.4. The van der Waals surface area contributed by atoms with Crippen LogP contribution in [0.1, 0.15) is 56.2 Å². The Morgan fingerprint density at radius 2 is 1.41 bits per heavy atom. The van der Waals surface area contributed by atoms with Crippen molar-refractivity contribution >= 4 is 10.8 Å². The van der Waals surface area contributed by atoms with Crippen LogP contribution in [0.2, 0.25) is 0 Å². The van der Waals surface area contributed by atoms with Crippen molar-refractivity contribution in [2.24, 2.45) is 0 Å². The molecule has 0 bridgehead atoms. The van der Waals surface area contributed by atoms with E-state index in [1.54, 1.807) is 0 Å². The third kappa shape index (κ3) is 5.63. The van der Waals surface area contributed by atoms with Gasteiger partial charge in [-0.25, -0.2) is 0 Å². The van der Waals surface area contributed by atoms with Gasteiger partial charge in [-0.3, -0.25) is 0 Å².